The van der Waals surface area contributed by atoms with E-state index in [4.69, 9.17) is 9.47 Å². The zero-order valence-electron chi connectivity index (χ0n) is 14.3. The Labute approximate surface area is 143 Å². The summed E-state index contributed by atoms with van der Waals surface area (Å²) in [7, 11) is 1.95. The van der Waals surface area contributed by atoms with Crippen molar-refractivity contribution in [2.24, 2.45) is 0 Å². The number of carbonyl (C=O) groups excluding carboxylic acids is 1. The highest BCUT2D eigenvalue weighted by molar-refractivity contribution is 5.77. The van der Waals surface area contributed by atoms with Crippen molar-refractivity contribution in [2.75, 3.05) is 26.9 Å². The zero-order valence-corrected chi connectivity index (χ0v) is 14.3. The minimum Gasteiger partial charge on any atom is -0.454 e. The van der Waals surface area contributed by atoms with Gasteiger partial charge in [-0.2, -0.15) is 0 Å². The number of hydrogen-bond acceptors (Lipinski definition) is 4. The Hall–Kier alpha value is -2.01. The predicted octanol–water partition coefficient (Wildman–Crippen LogP) is 2.85. The lowest BCUT2D eigenvalue weighted by molar-refractivity contribution is -0.122. The van der Waals surface area contributed by atoms with Crippen LogP contribution in [0.15, 0.2) is 29.8 Å². The van der Waals surface area contributed by atoms with Crippen LogP contribution in [0.3, 0.4) is 0 Å². The van der Waals surface area contributed by atoms with Gasteiger partial charge < -0.3 is 14.8 Å². The molecule has 1 aliphatic carbocycles. The van der Waals surface area contributed by atoms with Crippen molar-refractivity contribution in [3.63, 3.8) is 0 Å². The summed E-state index contributed by atoms with van der Waals surface area (Å²) in [5, 5.41) is 3.02. The predicted molar refractivity (Wildman–Crippen MR) is 93.1 cm³/mol. The van der Waals surface area contributed by atoms with Crippen molar-refractivity contribution in [1.29, 1.82) is 0 Å². The summed E-state index contributed by atoms with van der Waals surface area (Å²) >= 11 is 0. The summed E-state index contributed by atoms with van der Waals surface area (Å²) in [5.74, 6) is 1.65. The van der Waals surface area contributed by atoms with Crippen molar-refractivity contribution in [3.8, 4) is 11.5 Å². The van der Waals surface area contributed by atoms with E-state index in [1.807, 2.05) is 30.1 Å². The number of rotatable bonds is 7. The zero-order chi connectivity index (χ0) is 16.8. The van der Waals surface area contributed by atoms with Gasteiger partial charge in [-0.25, -0.2) is 0 Å². The fourth-order valence-corrected chi connectivity index (χ4v) is 3.20. The molecule has 130 valence electrons. The van der Waals surface area contributed by atoms with Gasteiger partial charge in [0.2, 0.25) is 12.7 Å². The summed E-state index contributed by atoms with van der Waals surface area (Å²) in [4.78, 5) is 14.1. The number of carbonyl (C=O) groups is 1. The van der Waals surface area contributed by atoms with Gasteiger partial charge in [-0.15, -0.1) is 0 Å². The molecular weight excluding hydrogens is 304 g/mol. The molecule has 0 aromatic heterocycles. The Balaban J connectivity index is 1.38. The van der Waals surface area contributed by atoms with Crippen LogP contribution in [0, 0.1) is 0 Å². The minimum atomic E-state index is 0.0784. The quantitative estimate of drug-likeness (QED) is 0.781. The number of benzene rings is 1. The maximum absolute atomic E-state index is 12.1. The molecule has 1 amide bonds. The van der Waals surface area contributed by atoms with Crippen molar-refractivity contribution < 1.29 is 14.3 Å². The van der Waals surface area contributed by atoms with Gasteiger partial charge in [0, 0.05) is 13.1 Å². The maximum atomic E-state index is 12.1. The van der Waals surface area contributed by atoms with Crippen LogP contribution in [0.2, 0.25) is 0 Å². The van der Waals surface area contributed by atoms with Gasteiger partial charge in [0.1, 0.15) is 0 Å². The summed E-state index contributed by atoms with van der Waals surface area (Å²) in [6.07, 6.45) is 8.30. The van der Waals surface area contributed by atoms with Gasteiger partial charge in [0.25, 0.3) is 0 Å². The highest BCUT2D eigenvalue weighted by Gasteiger charge is 2.14. The van der Waals surface area contributed by atoms with Crippen LogP contribution in [-0.2, 0) is 11.3 Å². The van der Waals surface area contributed by atoms with Crippen LogP contribution in [0.1, 0.15) is 37.7 Å². The van der Waals surface area contributed by atoms with Gasteiger partial charge >= 0.3 is 0 Å². The number of nitrogens with one attached hydrogen (secondary N) is 1. The minimum absolute atomic E-state index is 0.0784. The molecule has 2 aliphatic rings. The van der Waals surface area contributed by atoms with E-state index in [2.05, 4.69) is 11.4 Å². The summed E-state index contributed by atoms with van der Waals surface area (Å²) < 4.78 is 10.7. The van der Waals surface area contributed by atoms with Crippen LogP contribution in [-0.4, -0.2) is 37.7 Å². The Kier molecular flexibility index (Phi) is 5.75. The molecule has 0 atom stereocenters. The SMILES string of the molecule is CN(CC(=O)NCCC1=CCCCC1)Cc1ccc2c(c1)OCO2. The Morgan fingerprint density at radius 2 is 2.12 bits per heavy atom. The molecule has 1 aliphatic heterocycles. The normalized spacial score (nSPS) is 16.2. The maximum Gasteiger partial charge on any atom is 0.234 e. The molecular formula is C19H26N2O3. The first-order chi connectivity index (χ1) is 11.7. The monoisotopic (exact) mass is 330 g/mol. The lowest BCUT2D eigenvalue weighted by Gasteiger charge is -2.17. The van der Waals surface area contributed by atoms with E-state index in [1.165, 1.54) is 31.3 Å². The van der Waals surface area contributed by atoms with Crippen molar-refractivity contribution in [3.05, 3.63) is 35.4 Å². The van der Waals surface area contributed by atoms with Gasteiger partial charge in [-0.3, -0.25) is 9.69 Å². The standard InChI is InChI=1S/C19H26N2O3/c1-21(12-16-7-8-17-18(11-16)24-14-23-17)13-19(22)20-10-9-15-5-3-2-4-6-15/h5,7-8,11H,2-4,6,9-10,12-14H2,1H3,(H,20,22). The molecule has 0 bridgehead atoms. The smallest absolute Gasteiger partial charge is 0.234 e. The third-order valence-electron chi connectivity index (χ3n) is 4.46. The van der Waals surface area contributed by atoms with E-state index in [-0.39, 0.29) is 12.7 Å². The Bertz CT molecular complexity index is 613. The van der Waals surface area contributed by atoms with E-state index < -0.39 is 0 Å². The molecule has 24 heavy (non-hydrogen) atoms. The fourth-order valence-electron chi connectivity index (χ4n) is 3.20. The molecule has 0 unspecified atom stereocenters. The summed E-state index contributed by atoms with van der Waals surface area (Å²) in [5.41, 5.74) is 2.61. The third-order valence-corrected chi connectivity index (χ3v) is 4.46. The average Bonchev–Trinajstić information content (AvgIpc) is 3.03. The van der Waals surface area contributed by atoms with Crippen molar-refractivity contribution >= 4 is 5.91 Å². The van der Waals surface area contributed by atoms with Gasteiger partial charge in [-0.05, 0) is 56.8 Å². The largest absolute Gasteiger partial charge is 0.454 e. The number of fused-ring (bicyclic) bond motifs is 1. The Morgan fingerprint density at radius 3 is 2.96 bits per heavy atom. The number of allylic oxidation sites excluding steroid dienone is 1. The van der Waals surface area contributed by atoms with E-state index in [1.54, 1.807) is 0 Å². The molecule has 3 rings (SSSR count). The second-order valence-electron chi connectivity index (χ2n) is 6.57. The van der Waals surface area contributed by atoms with E-state index >= 15 is 0 Å². The van der Waals surface area contributed by atoms with Crippen LogP contribution in [0.5, 0.6) is 11.5 Å². The van der Waals surface area contributed by atoms with Crippen molar-refractivity contribution in [2.45, 2.75) is 38.6 Å². The van der Waals surface area contributed by atoms with Crippen LogP contribution in [0.4, 0.5) is 0 Å². The first-order valence-corrected chi connectivity index (χ1v) is 8.72. The lowest BCUT2D eigenvalue weighted by Crippen LogP contribution is -2.35. The van der Waals surface area contributed by atoms with Gasteiger partial charge in [0.15, 0.2) is 11.5 Å². The van der Waals surface area contributed by atoms with Crippen LogP contribution in [0.25, 0.3) is 0 Å². The molecule has 1 heterocycles. The number of nitrogens with zero attached hydrogens (tertiary/aromatic N) is 1. The summed E-state index contributed by atoms with van der Waals surface area (Å²) in [6.45, 7) is 2.12. The third kappa shape index (κ3) is 4.74. The first-order valence-electron chi connectivity index (χ1n) is 8.72. The highest BCUT2D eigenvalue weighted by Crippen LogP contribution is 2.32. The number of amides is 1. The van der Waals surface area contributed by atoms with Gasteiger partial charge in [0.05, 0.1) is 6.54 Å². The van der Waals surface area contributed by atoms with E-state index in [0.717, 1.165) is 30.0 Å². The summed E-state index contributed by atoms with van der Waals surface area (Å²) in [6, 6.07) is 5.91. The van der Waals surface area contributed by atoms with Gasteiger partial charge in [-0.1, -0.05) is 17.7 Å². The second kappa shape index (κ2) is 8.20. The fraction of sp³-hybridized carbons (Fsp3) is 0.526. The molecule has 1 N–H and O–H groups in total. The molecule has 0 saturated carbocycles. The molecule has 0 fully saturated rings. The number of ether oxygens (including phenoxy) is 2. The average molecular weight is 330 g/mol. The lowest BCUT2D eigenvalue weighted by atomic mass is 9.97. The number of likely N-dealkylation sites (N-methyl/N-ethyl adjacent to an activating group) is 1. The molecule has 1 aromatic carbocycles. The van der Waals surface area contributed by atoms with E-state index in [0.29, 0.717) is 13.1 Å². The number of hydrogen-bond donors (Lipinski definition) is 1. The highest BCUT2D eigenvalue weighted by atomic mass is 16.7. The molecule has 0 saturated heterocycles. The molecule has 0 radical (unpaired) electrons. The van der Waals surface area contributed by atoms with Crippen LogP contribution >= 0.6 is 0 Å². The molecule has 5 nitrogen and oxygen atoms in total. The molecule has 0 spiro atoms. The van der Waals surface area contributed by atoms with Crippen molar-refractivity contribution in [1.82, 2.24) is 10.2 Å². The second-order valence-corrected chi connectivity index (χ2v) is 6.57. The first kappa shape index (κ1) is 16.8. The molecule has 1 aromatic rings. The van der Waals surface area contributed by atoms with Crippen LogP contribution < -0.4 is 14.8 Å². The topological polar surface area (TPSA) is 50.8 Å². The molecule has 5 heteroatoms. The Morgan fingerprint density at radius 1 is 1.25 bits per heavy atom. The van der Waals surface area contributed by atoms with E-state index in [9.17, 15) is 4.79 Å².